The van der Waals surface area contributed by atoms with Gasteiger partial charge >= 0.3 is 0 Å². The second kappa shape index (κ2) is 6.80. The second-order valence-electron chi connectivity index (χ2n) is 5.59. The smallest absolute Gasteiger partial charge is 0.0644 e. The van der Waals surface area contributed by atoms with Gasteiger partial charge in [-0.1, -0.05) is 0 Å². The Hall–Kier alpha value is -0.480. The van der Waals surface area contributed by atoms with Crippen molar-refractivity contribution < 1.29 is 0 Å². The number of thioether (sulfide) groups is 1. The minimum atomic E-state index is 0.412. The number of aromatic nitrogens is 2. The van der Waals surface area contributed by atoms with Crippen molar-refractivity contribution in [2.75, 3.05) is 18.1 Å². The van der Waals surface area contributed by atoms with Gasteiger partial charge in [-0.25, -0.2) is 0 Å². The fourth-order valence-corrected chi connectivity index (χ4v) is 4.25. The average Bonchev–Trinajstić information content (AvgIpc) is 2.72. The summed E-state index contributed by atoms with van der Waals surface area (Å²) < 4.78 is 2.11. The molecule has 108 valence electrons. The van der Waals surface area contributed by atoms with Crippen LogP contribution in [0.25, 0.3) is 0 Å². The van der Waals surface area contributed by atoms with Gasteiger partial charge < -0.3 is 5.32 Å². The zero-order valence-corrected chi connectivity index (χ0v) is 13.5. The molecule has 1 aliphatic rings. The largest absolute Gasteiger partial charge is 0.310 e. The number of hydrogen-bond acceptors (Lipinski definition) is 3. The van der Waals surface area contributed by atoms with Gasteiger partial charge in [0.25, 0.3) is 0 Å². The van der Waals surface area contributed by atoms with Crippen LogP contribution in [0.15, 0.2) is 0 Å². The van der Waals surface area contributed by atoms with Gasteiger partial charge in [0.2, 0.25) is 0 Å². The van der Waals surface area contributed by atoms with Crippen molar-refractivity contribution in [2.24, 2.45) is 5.92 Å². The first-order valence-corrected chi connectivity index (χ1v) is 8.64. The van der Waals surface area contributed by atoms with Crippen LogP contribution in [-0.4, -0.2) is 27.8 Å². The van der Waals surface area contributed by atoms with Gasteiger partial charge in [0.1, 0.15) is 0 Å². The molecule has 0 saturated carbocycles. The van der Waals surface area contributed by atoms with E-state index in [4.69, 9.17) is 0 Å². The molecule has 1 fully saturated rings. The third-order valence-corrected chi connectivity index (χ3v) is 5.27. The summed E-state index contributed by atoms with van der Waals surface area (Å²) in [5.74, 6) is 3.55. The normalized spacial score (nSPS) is 18.7. The molecule has 1 atom stereocenters. The van der Waals surface area contributed by atoms with Crippen molar-refractivity contribution in [1.29, 1.82) is 0 Å². The zero-order chi connectivity index (χ0) is 13.8. The molecule has 0 bridgehead atoms. The zero-order valence-electron chi connectivity index (χ0n) is 12.7. The van der Waals surface area contributed by atoms with Crippen molar-refractivity contribution in [3.05, 3.63) is 17.0 Å². The highest BCUT2D eigenvalue weighted by atomic mass is 32.2. The number of nitrogens with one attached hydrogen (secondary N) is 1. The predicted molar refractivity (Wildman–Crippen MR) is 83.8 cm³/mol. The van der Waals surface area contributed by atoms with E-state index in [1.54, 1.807) is 0 Å². The van der Waals surface area contributed by atoms with Crippen molar-refractivity contribution in [3.63, 3.8) is 0 Å². The molecule has 2 rings (SSSR count). The molecule has 3 nitrogen and oxygen atoms in total. The van der Waals surface area contributed by atoms with E-state index in [1.807, 2.05) is 0 Å². The predicted octanol–water partition coefficient (Wildman–Crippen LogP) is 3.31. The molecule has 1 aromatic rings. The lowest BCUT2D eigenvalue weighted by atomic mass is 10.0. The van der Waals surface area contributed by atoms with Gasteiger partial charge in [-0.15, -0.1) is 0 Å². The molecule has 1 unspecified atom stereocenters. The van der Waals surface area contributed by atoms with Crippen molar-refractivity contribution >= 4 is 11.8 Å². The van der Waals surface area contributed by atoms with E-state index in [0.717, 1.165) is 19.0 Å². The minimum Gasteiger partial charge on any atom is -0.310 e. The first kappa shape index (κ1) is 14.9. The van der Waals surface area contributed by atoms with Crippen LogP contribution in [0, 0.1) is 19.8 Å². The molecule has 4 heteroatoms. The first-order chi connectivity index (χ1) is 9.13. The third kappa shape index (κ3) is 3.54. The highest BCUT2D eigenvalue weighted by Gasteiger charge is 2.19. The number of nitrogens with zero attached hydrogens (tertiary/aromatic N) is 2. The minimum absolute atomic E-state index is 0.412. The van der Waals surface area contributed by atoms with Crippen molar-refractivity contribution in [3.8, 4) is 0 Å². The topological polar surface area (TPSA) is 29.9 Å². The van der Waals surface area contributed by atoms with Crippen LogP contribution in [0.2, 0.25) is 0 Å². The van der Waals surface area contributed by atoms with Crippen LogP contribution in [0.1, 0.15) is 49.7 Å². The molecular formula is C15H27N3S. The SMILES string of the molecule is CCn1nc(C)c(C(C)NCC2CCSCC2)c1C. The average molecular weight is 281 g/mol. The summed E-state index contributed by atoms with van der Waals surface area (Å²) in [7, 11) is 0. The van der Waals surface area contributed by atoms with E-state index in [0.29, 0.717) is 6.04 Å². The number of hydrogen-bond donors (Lipinski definition) is 1. The van der Waals surface area contributed by atoms with E-state index in [9.17, 15) is 0 Å². The summed E-state index contributed by atoms with van der Waals surface area (Å²) in [4.78, 5) is 0. The van der Waals surface area contributed by atoms with E-state index in [2.05, 4.69) is 54.6 Å². The molecule has 1 saturated heterocycles. The summed E-state index contributed by atoms with van der Waals surface area (Å²) in [6.45, 7) is 10.9. The molecule has 0 aromatic carbocycles. The summed E-state index contributed by atoms with van der Waals surface area (Å²) >= 11 is 2.10. The summed E-state index contributed by atoms with van der Waals surface area (Å²) in [6, 6.07) is 0.412. The van der Waals surface area contributed by atoms with Gasteiger partial charge in [-0.3, -0.25) is 4.68 Å². The summed E-state index contributed by atoms with van der Waals surface area (Å²) in [5.41, 5.74) is 3.89. The maximum atomic E-state index is 4.62. The molecule has 0 spiro atoms. The van der Waals surface area contributed by atoms with Crippen LogP contribution in [0.5, 0.6) is 0 Å². The van der Waals surface area contributed by atoms with Gasteiger partial charge in [0, 0.05) is 23.8 Å². The Kier molecular flexibility index (Phi) is 5.34. The lowest BCUT2D eigenvalue weighted by molar-refractivity contribution is 0.419. The van der Waals surface area contributed by atoms with Gasteiger partial charge in [0.15, 0.2) is 0 Å². The quantitative estimate of drug-likeness (QED) is 0.898. The molecule has 0 amide bonds. The van der Waals surface area contributed by atoms with Crippen LogP contribution in [0.4, 0.5) is 0 Å². The van der Waals surface area contributed by atoms with Crippen LogP contribution < -0.4 is 5.32 Å². The Labute approximate surface area is 121 Å². The standard InChI is InChI=1S/C15H27N3S/c1-5-18-13(4)15(12(3)17-18)11(2)16-10-14-6-8-19-9-7-14/h11,14,16H,5-10H2,1-4H3. The molecule has 1 aromatic heterocycles. The van der Waals surface area contributed by atoms with E-state index < -0.39 is 0 Å². The van der Waals surface area contributed by atoms with Gasteiger partial charge in [-0.2, -0.15) is 16.9 Å². The van der Waals surface area contributed by atoms with Crippen LogP contribution >= 0.6 is 11.8 Å². The molecule has 1 N–H and O–H groups in total. The first-order valence-electron chi connectivity index (χ1n) is 7.48. The Morgan fingerprint density at radius 3 is 2.63 bits per heavy atom. The molecular weight excluding hydrogens is 254 g/mol. The van der Waals surface area contributed by atoms with Crippen LogP contribution in [-0.2, 0) is 6.54 Å². The third-order valence-electron chi connectivity index (χ3n) is 4.22. The van der Waals surface area contributed by atoms with Crippen molar-refractivity contribution in [1.82, 2.24) is 15.1 Å². The Morgan fingerprint density at radius 2 is 2.05 bits per heavy atom. The lowest BCUT2D eigenvalue weighted by Crippen LogP contribution is -2.28. The molecule has 0 radical (unpaired) electrons. The van der Waals surface area contributed by atoms with E-state index in [-0.39, 0.29) is 0 Å². The molecule has 1 aliphatic heterocycles. The van der Waals surface area contributed by atoms with Gasteiger partial charge in [0.05, 0.1) is 5.69 Å². The molecule has 2 heterocycles. The summed E-state index contributed by atoms with van der Waals surface area (Å²) in [5, 5.41) is 8.34. The lowest BCUT2D eigenvalue weighted by Gasteiger charge is -2.24. The number of aryl methyl sites for hydroxylation is 2. The maximum Gasteiger partial charge on any atom is 0.0644 e. The van der Waals surface area contributed by atoms with Gasteiger partial charge in [-0.05, 0) is 64.5 Å². The van der Waals surface area contributed by atoms with E-state index in [1.165, 1.54) is 41.3 Å². The fraction of sp³-hybridized carbons (Fsp3) is 0.800. The number of rotatable bonds is 5. The van der Waals surface area contributed by atoms with Crippen LogP contribution in [0.3, 0.4) is 0 Å². The Morgan fingerprint density at radius 1 is 1.37 bits per heavy atom. The second-order valence-corrected chi connectivity index (χ2v) is 6.81. The Bertz CT molecular complexity index is 408. The van der Waals surface area contributed by atoms with E-state index >= 15 is 0 Å². The fourth-order valence-electron chi connectivity index (χ4n) is 3.04. The highest BCUT2D eigenvalue weighted by molar-refractivity contribution is 7.99. The maximum absolute atomic E-state index is 4.62. The highest BCUT2D eigenvalue weighted by Crippen LogP contribution is 2.25. The Balaban J connectivity index is 1.95. The molecule has 19 heavy (non-hydrogen) atoms. The molecule has 0 aliphatic carbocycles. The monoisotopic (exact) mass is 281 g/mol. The van der Waals surface area contributed by atoms with Crippen molar-refractivity contribution in [2.45, 2.75) is 53.1 Å². The summed E-state index contributed by atoms with van der Waals surface area (Å²) in [6.07, 6.45) is 2.74.